The second kappa shape index (κ2) is 6.19. The average Bonchev–Trinajstić information content (AvgIpc) is 2.51. The molecule has 1 fully saturated rings. The van der Waals surface area contributed by atoms with E-state index in [0.29, 0.717) is 11.1 Å². The highest BCUT2D eigenvalue weighted by atomic mass is 32.2. The Hall–Kier alpha value is -1.66. The minimum atomic E-state index is 0.104. The maximum absolute atomic E-state index is 5.85. The van der Waals surface area contributed by atoms with Crippen molar-refractivity contribution in [1.82, 2.24) is 15.0 Å². The summed E-state index contributed by atoms with van der Waals surface area (Å²) in [6, 6.07) is 4.00. The fourth-order valence-electron chi connectivity index (χ4n) is 2.26. The molecule has 0 bridgehead atoms. The number of hydrogen-bond donors (Lipinski definition) is 1. The molecule has 20 heavy (non-hydrogen) atoms. The first-order valence-electron chi connectivity index (χ1n) is 6.57. The number of ether oxygens (including phenoxy) is 1. The molecule has 3 heterocycles. The lowest BCUT2D eigenvalue weighted by Crippen LogP contribution is -2.22. The van der Waals surface area contributed by atoms with Gasteiger partial charge in [-0.05, 0) is 24.5 Å². The minimum Gasteiger partial charge on any atom is -0.381 e. The standard InChI is InChI=1S/C14H16N4OS/c15-13-14(18-6-5-17-13)20-11-3-7-19-12(8-11)10-2-1-4-16-9-10/h1-2,4-6,9,11-12H,3,7-8H2,(H2,15,17). The summed E-state index contributed by atoms with van der Waals surface area (Å²) in [6.45, 7) is 0.747. The Morgan fingerprint density at radius 2 is 2.15 bits per heavy atom. The van der Waals surface area contributed by atoms with Crippen LogP contribution >= 0.6 is 11.8 Å². The number of nitrogens with two attached hydrogens (primary N) is 1. The fraction of sp³-hybridized carbons (Fsp3) is 0.357. The summed E-state index contributed by atoms with van der Waals surface area (Å²) in [5.41, 5.74) is 6.98. The molecule has 0 saturated carbocycles. The van der Waals surface area contributed by atoms with Crippen LogP contribution in [-0.4, -0.2) is 26.8 Å². The summed E-state index contributed by atoms with van der Waals surface area (Å²) in [7, 11) is 0. The van der Waals surface area contributed by atoms with Crippen LogP contribution in [0.2, 0.25) is 0 Å². The third-order valence-corrected chi connectivity index (χ3v) is 4.56. The number of rotatable bonds is 3. The van der Waals surface area contributed by atoms with Crippen LogP contribution in [0.5, 0.6) is 0 Å². The molecule has 2 N–H and O–H groups in total. The van der Waals surface area contributed by atoms with Gasteiger partial charge in [-0.3, -0.25) is 4.98 Å². The van der Waals surface area contributed by atoms with Crippen molar-refractivity contribution in [2.45, 2.75) is 29.2 Å². The molecule has 0 amide bonds. The van der Waals surface area contributed by atoms with Crippen LogP contribution in [0.3, 0.4) is 0 Å². The van der Waals surface area contributed by atoms with Crippen molar-refractivity contribution >= 4 is 17.6 Å². The maximum Gasteiger partial charge on any atom is 0.156 e. The summed E-state index contributed by atoms with van der Waals surface area (Å²) >= 11 is 1.69. The summed E-state index contributed by atoms with van der Waals surface area (Å²) in [4.78, 5) is 12.5. The summed E-state index contributed by atoms with van der Waals surface area (Å²) in [5, 5.41) is 1.25. The number of nitrogens with zero attached hydrogens (tertiary/aromatic N) is 3. The van der Waals surface area contributed by atoms with Crippen LogP contribution in [0.25, 0.3) is 0 Å². The first-order valence-corrected chi connectivity index (χ1v) is 7.45. The molecule has 104 valence electrons. The normalized spacial score (nSPS) is 22.6. The highest BCUT2D eigenvalue weighted by Gasteiger charge is 2.25. The Bertz CT molecular complexity index is 566. The summed E-state index contributed by atoms with van der Waals surface area (Å²) in [5.74, 6) is 0.502. The lowest BCUT2D eigenvalue weighted by molar-refractivity contribution is 0.0176. The molecule has 1 saturated heterocycles. The van der Waals surface area contributed by atoms with Crippen LogP contribution in [-0.2, 0) is 4.74 Å². The topological polar surface area (TPSA) is 73.9 Å². The predicted molar refractivity (Wildman–Crippen MR) is 78.3 cm³/mol. The summed E-state index contributed by atoms with van der Waals surface area (Å²) in [6.07, 6.45) is 8.97. The Morgan fingerprint density at radius 3 is 2.95 bits per heavy atom. The first kappa shape index (κ1) is 13.3. The van der Waals surface area contributed by atoms with Crippen molar-refractivity contribution < 1.29 is 4.74 Å². The van der Waals surface area contributed by atoms with Gasteiger partial charge in [-0.1, -0.05) is 17.8 Å². The molecular formula is C14H16N4OS. The van der Waals surface area contributed by atoms with Crippen molar-refractivity contribution in [2.24, 2.45) is 0 Å². The van der Waals surface area contributed by atoms with Crippen molar-refractivity contribution in [3.05, 3.63) is 42.5 Å². The molecule has 5 nitrogen and oxygen atoms in total. The van der Waals surface area contributed by atoms with E-state index < -0.39 is 0 Å². The van der Waals surface area contributed by atoms with Crippen molar-refractivity contribution in [1.29, 1.82) is 0 Å². The van der Waals surface area contributed by atoms with E-state index in [1.165, 1.54) is 0 Å². The van der Waals surface area contributed by atoms with Crippen molar-refractivity contribution in [2.75, 3.05) is 12.3 Å². The second-order valence-electron chi connectivity index (χ2n) is 4.66. The van der Waals surface area contributed by atoms with E-state index in [2.05, 4.69) is 21.0 Å². The number of thioether (sulfide) groups is 1. The Morgan fingerprint density at radius 1 is 1.25 bits per heavy atom. The van der Waals surface area contributed by atoms with Crippen LogP contribution in [0.15, 0.2) is 41.9 Å². The van der Waals surface area contributed by atoms with Gasteiger partial charge in [0.25, 0.3) is 0 Å². The zero-order chi connectivity index (χ0) is 13.8. The lowest BCUT2D eigenvalue weighted by Gasteiger charge is -2.29. The predicted octanol–water partition coefficient (Wildman–Crippen LogP) is 2.47. The average molecular weight is 288 g/mol. The van der Waals surface area contributed by atoms with E-state index >= 15 is 0 Å². The quantitative estimate of drug-likeness (QED) is 0.935. The molecule has 2 atom stereocenters. The number of nitrogen functional groups attached to an aromatic ring is 1. The monoisotopic (exact) mass is 288 g/mol. The SMILES string of the molecule is Nc1nccnc1SC1CCOC(c2cccnc2)C1. The molecule has 0 spiro atoms. The smallest absolute Gasteiger partial charge is 0.156 e. The van der Waals surface area contributed by atoms with Gasteiger partial charge in [0.05, 0.1) is 6.10 Å². The molecule has 1 aliphatic rings. The van der Waals surface area contributed by atoms with Crippen molar-refractivity contribution in [3.8, 4) is 0 Å². The van der Waals surface area contributed by atoms with E-state index in [4.69, 9.17) is 10.5 Å². The fourth-order valence-corrected chi connectivity index (χ4v) is 3.35. The van der Waals surface area contributed by atoms with E-state index in [1.54, 1.807) is 30.4 Å². The van der Waals surface area contributed by atoms with Gasteiger partial charge >= 0.3 is 0 Å². The molecule has 0 aliphatic carbocycles. The van der Waals surface area contributed by atoms with E-state index in [1.807, 2.05) is 12.3 Å². The van der Waals surface area contributed by atoms with E-state index in [-0.39, 0.29) is 6.10 Å². The highest BCUT2D eigenvalue weighted by molar-refractivity contribution is 8.00. The molecule has 2 aromatic rings. The maximum atomic E-state index is 5.85. The molecule has 6 heteroatoms. The van der Waals surface area contributed by atoms with Crippen LogP contribution < -0.4 is 5.73 Å². The molecule has 0 radical (unpaired) electrons. The minimum absolute atomic E-state index is 0.104. The van der Waals surface area contributed by atoms with Gasteiger partial charge in [0.2, 0.25) is 0 Å². The van der Waals surface area contributed by atoms with Gasteiger partial charge in [0, 0.05) is 36.6 Å². The third-order valence-electron chi connectivity index (χ3n) is 3.26. The molecule has 1 aliphatic heterocycles. The van der Waals surface area contributed by atoms with Crippen molar-refractivity contribution in [3.63, 3.8) is 0 Å². The number of anilines is 1. The van der Waals surface area contributed by atoms with Gasteiger partial charge in [-0.15, -0.1) is 0 Å². The molecule has 0 aromatic carbocycles. The molecule has 2 unspecified atom stereocenters. The number of pyridine rings is 1. The first-order chi connectivity index (χ1) is 9.83. The van der Waals surface area contributed by atoms with Gasteiger partial charge in [0.1, 0.15) is 5.03 Å². The van der Waals surface area contributed by atoms with Gasteiger partial charge in [-0.2, -0.15) is 0 Å². The summed E-state index contributed by atoms with van der Waals surface area (Å²) < 4.78 is 5.84. The molecule has 3 rings (SSSR count). The zero-order valence-corrected chi connectivity index (χ0v) is 11.8. The van der Waals surface area contributed by atoms with Crippen LogP contribution in [0, 0.1) is 0 Å². The van der Waals surface area contributed by atoms with Crippen LogP contribution in [0.1, 0.15) is 24.5 Å². The highest BCUT2D eigenvalue weighted by Crippen LogP contribution is 2.37. The van der Waals surface area contributed by atoms with Gasteiger partial charge < -0.3 is 10.5 Å². The molecule has 2 aromatic heterocycles. The second-order valence-corrected chi connectivity index (χ2v) is 5.95. The van der Waals surface area contributed by atoms with E-state index in [9.17, 15) is 0 Å². The zero-order valence-electron chi connectivity index (χ0n) is 11.0. The largest absolute Gasteiger partial charge is 0.381 e. The number of hydrogen-bond acceptors (Lipinski definition) is 6. The molecular weight excluding hydrogens is 272 g/mol. The Balaban J connectivity index is 1.68. The Labute approximate surface area is 122 Å². The lowest BCUT2D eigenvalue weighted by atomic mass is 10.0. The third kappa shape index (κ3) is 3.08. The van der Waals surface area contributed by atoms with Gasteiger partial charge in [0.15, 0.2) is 5.82 Å². The Kier molecular flexibility index (Phi) is 4.13. The van der Waals surface area contributed by atoms with Gasteiger partial charge in [-0.25, -0.2) is 9.97 Å². The number of aromatic nitrogens is 3. The van der Waals surface area contributed by atoms with E-state index in [0.717, 1.165) is 30.0 Å². The van der Waals surface area contributed by atoms with Crippen LogP contribution in [0.4, 0.5) is 5.82 Å².